The van der Waals surface area contributed by atoms with E-state index in [0.29, 0.717) is 6.04 Å². The summed E-state index contributed by atoms with van der Waals surface area (Å²) in [5.74, 6) is 0. The molecule has 0 saturated carbocycles. The van der Waals surface area contributed by atoms with Crippen LogP contribution < -0.4 is 0 Å². The third-order valence-electron chi connectivity index (χ3n) is 2.77. The summed E-state index contributed by atoms with van der Waals surface area (Å²) >= 11 is 0. The number of hydrogen-bond acceptors (Lipinski definition) is 2. The topological polar surface area (TPSA) is 23.5 Å². The first-order valence-corrected chi connectivity index (χ1v) is 5.43. The Morgan fingerprint density at radius 2 is 2.36 bits per heavy atom. The standard InChI is InChI=1S/C12H21NO/c1-3-6-11(2)9-13-8-5-4-7-12(13)10-14/h3,6,12,14H,2,4-5,7-10H2,1H3/b6-3-. The molecule has 1 aliphatic heterocycles. The summed E-state index contributed by atoms with van der Waals surface area (Å²) < 4.78 is 0. The van der Waals surface area contributed by atoms with Crippen molar-refractivity contribution in [3.05, 3.63) is 24.3 Å². The maximum Gasteiger partial charge on any atom is 0.0586 e. The molecule has 0 amide bonds. The van der Waals surface area contributed by atoms with Gasteiger partial charge in [-0.15, -0.1) is 0 Å². The second-order valence-corrected chi connectivity index (χ2v) is 3.96. The van der Waals surface area contributed by atoms with Crippen molar-refractivity contribution in [2.24, 2.45) is 0 Å². The molecule has 1 rings (SSSR count). The molecule has 1 aliphatic rings. The average Bonchev–Trinajstić information content (AvgIpc) is 2.19. The fourth-order valence-electron chi connectivity index (χ4n) is 2.02. The van der Waals surface area contributed by atoms with Gasteiger partial charge in [-0.3, -0.25) is 4.90 Å². The van der Waals surface area contributed by atoms with Crippen LogP contribution in [0.4, 0.5) is 0 Å². The van der Waals surface area contributed by atoms with Crippen molar-refractivity contribution in [3.8, 4) is 0 Å². The summed E-state index contributed by atoms with van der Waals surface area (Å²) in [7, 11) is 0. The van der Waals surface area contributed by atoms with E-state index in [2.05, 4.69) is 11.5 Å². The normalized spacial score (nSPS) is 24.3. The largest absolute Gasteiger partial charge is 0.395 e. The molecule has 0 aromatic heterocycles. The second-order valence-electron chi connectivity index (χ2n) is 3.96. The Labute approximate surface area is 86.9 Å². The van der Waals surface area contributed by atoms with E-state index in [1.54, 1.807) is 0 Å². The number of piperidine rings is 1. The number of likely N-dealkylation sites (tertiary alicyclic amines) is 1. The smallest absolute Gasteiger partial charge is 0.0586 e. The van der Waals surface area contributed by atoms with E-state index in [9.17, 15) is 5.11 Å². The van der Waals surface area contributed by atoms with Gasteiger partial charge in [0.05, 0.1) is 6.61 Å². The van der Waals surface area contributed by atoms with Crippen LogP contribution in [0.2, 0.25) is 0 Å². The molecule has 0 radical (unpaired) electrons. The number of aliphatic hydroxyl groups is 1. The lowest BCUT2D eigenvalue weighted by molar-refractivity contribution is 0.0994. The van der Waals surface area contributed by atoms with Gasteiger partial charge in [0.15, 0.2) is 0 Å². The van der Waals surface area contributed by atoms with E-state index in [0.717, 1.165) is 25.1 Å². The lowest BCUT2D eigenvalue weighted by atomic mass is 10.0. The molecule has 1 heterocycles. The highest BCUT2D eigenvalue weighted by Crippen LogP contribution is 2.17. The van der Waals surface area contributed by atoms with Crippen LogP contribution in [0, 0.1) is 0 Å². The minimum absolute atomic E-state index is 0.281. The van der Waals surface area contributed by atoms with E-state index in [1.165, 1.54) is 12.8 Å². The van der Waals surface area contributed by atoms with Crippen LogP contribution in [0.5, 0.6) is 0 Å². The van der Waals surface area contributed by atoms with Gasteiger partial charge >= 0.3 is 0 Å². The summed E-state index contributed by atoms with van der Waals surface area (Å²) in [5.41, 5.74) is 1.13. The van der Waals surface area contributed by atoms with Gasteiger partial charge in [0.1, 0.15) is 0 Å². The van der Waals surface area contributed by atoms with Gasteiger partial charge in [-0.2, -0.15) is 0 Å². The molecule has 0 aromatic carbocycles. The first-order valence-electron chi connectivity index (χ1n) is 5.43. The minimum atomic E-state index is 0.281. The van der Waals surface area contributed by atoms with Gasteiger partial charge in [0, 0.05) is 12.6 Å². The number of allylic oxidation sites excluding steroid dienone is 1. The van der Waals surface area contributed by atoms with Crippen molar-refractivity contribution in [2.75, 3.05) is 19.7 Å². The average molecular weight is 195 g/mol. The molecule has 14 heavy (non-hydrogen) atoms. The Bertz CT molecular complexity index is 210. The second kappa shape index (κ2) is 5.99. The fraction of sp³-hybridized carbons (Fsp3) is 0.667. The molecule has 2 nitrogen and oxygen atoms in total. The quantitative estimate of drug-likeness (QED) is 0.693. The van der Waals surface area contributed by atoms with E-state index in [4.69, 9.17) is 0 Å². The van der Waals surface area contributed by atoms with Crippen molar-refractivity contribution >= 4 is 0 Å². The summed E-state index contributed by atoms with van der Waals surface area (Å²) in [6.07, 6.45) is 7.68. The van der Waals surface area contributed by atoms with Crippen LogP contribution in [0.3, 0.4) is 0 Å². The minimum Gasteiger partial charge on any atom is -0.395 e. The van der Waals surface area contributed by atoms with Crippen LogP contribution in [0.15, 0.2) is 24.3 Å². The zero-order chi connectivity index (χ0) is 10.4. The highest BCUT2D eigenvalue weighted by molar-refractivity contribution is 5.15. The summed E-state index contributed by atoms with van der Waals surface area (Å²) in [6, 6.07) is 0.353. The van der Waals surface area contributed by atoms with Crippen molar-refractivity contribution in [1.29, 1.82) is 0 Å². The molecule has 1 fully saturated rings. The molecule has 0 spiro atoms. The molecular formula is C12H21NO. The molecular weight excluding hydrogens is 174 g/mol. The third-order valence-corrected chi connectivity index (χ3v) is 2.77. The predicted octanol–water partition coefficient (Wildman–Crippen LogP) is 1.97. The molecule has 1 atom stereocenters. The summed E-state index contributed by atoms with van der Waals surface area (Å²) in [4.78, 5) is 2.34. The lowest BCUT2D eigenvalue weighted by Crippen LogP contribution is -2.42. The van der Waals surface area contributed by atoms with Crippen LogP contribution >= 0.6 is 0 Å². The molecule has 2 heteroatoms. The Morgan fingerprint density at radius 1 is 1.57 bits per heavy atom. The van der Waals surface area contributed by atoms with Crippen molar-refractivity contribution < 1.29 is 5.11 Å². The number of nitrogens with zero attached hydrogens (tertiary/aromatic N) is 1. The SMILES string of the molecule is C=C(/C=C\C)CN1CCCCC1CO. The first-order chi connectivity index (χ1) is 6.77. The number of rotatable bonds is 4. The van der Waals surface area contributed by atoms with Gasteiger partial charge in [0.25, 0.3) is 0 Å². The zero-order valence-corrected chi connectivity index (χ0v) is 9.08. The Balaban J connectivity index is 2.44. The molecule has 0 aromatic rings. The lowest BCUT2D eigenvalue weighted by Gasteiger charge is -2.34. The van der Waals surface area contributed by atoms with E-state index >= 15 is 0 Å². The van der Waals surface area contributed by atoms with Gasteiger partial charge in [0.2, 0.25) is 0 Å². The van der Waals surface area contributed by atoms with Crippen LogP contribution in [-0.2, 0) is 0 Å². The Morgan fingerprint density at radius 3 is 3.00 bits per heavy atom. The van der Waals surface area contributed by atoms with Gasteiger partial charge in [-0.1, -0.05) is 25.2 Å². The molecule has 80 valence electrons. The molecule has 1 unspecified atom stereocenters. The molecule has 0 aliphatic carbocycles. The molecule has 0 bridgehead atoms. The van der Waals surface area contributed by atoms with Gasteiger partial charge in [-0.05, 0) is 31.9 Å². The van der Waals surface area contributed by atoms with Crippen LogP contribution in [-0.4, -0.2) is 35.7 Å². The number of aliphatic hydroxyl groups excluding tert-OH is 1. The fourth-order valence-corrected chi connectivity index (χ4v) is 2.02. The highest BCUT2D eigenvalue weighted by Gasteiger charge is 2.21. The zero-order valence-electron chi connectivity index (χ0n) is 9.08. The monoisotopic (exact) mass is 195 g/mol. The number of hydrogen-bond donors (Lipinski definition) is 1. The van der Waals surface area contributed by atoms with Crippen LogP contribution in [0.1, 0.15) is 26.2 Å². The maximum absolute atomic E-state index is 9.21. The maximum atomic E-state index is 9.21. The van der Waals surface area contributed by atoms with E-state index in [-0.39, 0.29) is 6.61 Å². The van der Waals surface area contributed by atoms with Gasteiger partial charge < -0.3 is 5.11 Å². The molecule has 1 N–H and O–H groups in total. The van der Waals surface area contributed by atoms with E-state index in [1.807, 2.05) is 19.1 Å². The Kier molecular flexibility index (Phi) is 4.91. The van der Waals surface area contributed by atoms with Crippen molar-refractivity contribution in [2.45, 2.75) is 32.2 Å². The van der Waals surface area contributed by atoms with Crippen molar-refractivity contribution in [1.82, 2.24) is 4.90 Å². The van der Waals surface area contributed by atoms with Gasteiger partial charge in [-0.25, -0.2) is 0 Å². The van der Waals surface area contributed by atoms with Crippen molar-refractivity contribution in [3.63, 3.8) is 0 Å². The molecule has 1 saturated heterocycles. The first kappa shape index (κ1) is 11.5. The summed E-state index contributed by atoms with van der Waals surface area (Å²) in [6.45, 7) is 8.28. The Hall–Kier alpha value is -0.600. The van der Waals surface area contributed by atoms with Crippen LogP contribution in [0.25, 0.3) is 0 Å². The third kappa shape index (κ3) is 3.28. The summed E-state index contributed by atoms with van der Waals surface area (Å²) in [5, 5.41) is 9.21. The van der Waals surface area contributed by atoms with E-state index < -0.39 is 0 Å². The highest BCUT2D eigenvalue weighted by atomic mass is 16.3. The predicted molar refractivity (Wildman–Crippen MR) is 60.3 cm³/mol.